The molecule has 0 aliphatic carbocycles. The number of carbonyl (C=O) groups is 1. The second kappa shape index (κ2) is 5.40. The zero-order valence-corrected chi connectivity index (χ0v) is 12.1. The first-order valence-corrected chi connectivity index (χ1v) is 6.71. The molecular formula is C14H13N5O3. The second-order valence-corrected chi connectivity index (χ2v) is 4.52. The Morgan fingerprint density at radius 1 is 1.23 bits per heavy atom. The van der Waals surface area contributed by atoms with Crippen LogP contribution in [0.3, 0.4) is 0 Å². The highest BCUT2D eigenvalue weighted by Gasteiger charge is 2.22. The molecule has 22 heavy (non-hydrogen) atoms. The van der Waals surface area contributed by atoms with E-state index in [1.807, 2.05) is 18.2 Å². The van der Waals surface area contributed by atoms with Crippen molar-refractivity contribution < 1.29 is 9.53 Å². The molecule has 2 aromatic heterocycles. The summed E-state index contributed by atoms with van der Waals surface area (Å²) in [6, 6.07) is 9.06. The van der Waals surface area contributed by atoms with Gasteiger partial charge in [-0.15, -0.1) is 15.3 Å². The van der Waals surface area contributed by atoms with Crippen molar-refractivity contribution in [2.45, 2.75) is 13.8 Å². The van der Waals surface area contributed by atoms with Gasteiger partial charge in [-0.2, -0.15) is 4.68 Å². The first-order valence-electron chi connectivity index (χ1n) is 6.71. The lowest BCUT2D eigenvalue weighted by Gasteiger charge is -2.00. The Kier molecular flexibility index (Phi) is 3.42. The first-order chi connectivity index (χ1) is 10.6. The molecule has 0 saturated carbocycles. The number of esters is 1. The van der Waals surface area contributed by atoms with E-state index >= 15 is 0 Å². The molecule has 1 aromatic carbocycles. The minimum atomic E-state index is -0.684. The first kappa shape index (κ1) is 13.9. The quantitative estimate of drug-likeness (QED) is 0.663. The van der Waals surface area contributed by atoms with E-state index in [2.05, 4.69) is 15.3 Å². The lowest BCUT2D eigenvalue weighted by Crippen LogP contribution is -2.23. The fourth-order valence-corrected chi connectivity index (χ4v) is 2.04. The Labute approximate surface area is 125 Å². The summed E-state index contributed by atoms with van der Waals surface area (Å²) in [5, 5.41) is 12.0. The van der Waals surface area contributed by atoms with E-state index in [-0.39, 0.29) is 23.9 Å². The van der Waals surface area contributed by atoms with Crippen molar-refractivity contribution in [1.29, 1.82) is 0 Å². The van der Waals surface area contributed by atoms with E-state index < -0.39 is 11.5 Å². The van der Waals surface area contributed by atoms with Crippen LogP contribution in [0.25, 0.3) is 11.5 Å². The Balaban J connectivity index is 2.34. The third-order valence-electron chi connectivity index (χ3n) is 3.06. The summed E-state index contributed by atoms with van der Waals surface area (Å²) in [5.41, 5.74) is 0.388. The summed E-state index contributed by atoms with van der Waals surface area (Å²) < 4.78 is 7.46. The van der Waals surface area contributed by atoms with Crippen LogP contribution >= 0.6 is 0 Å². The normalized spacial score (nSPS) is 10.8. The van der Waals surface area contributed by atoms with Crippen LogP contribution < -0.4 is 5.56 Å². The van der Waals surface area contributed by atoms with Crippen LogP contribution in [-0.2, 0) is 4.74 Å². The number of hydrogen-bond acceptors (Lipinski definition) is 6. The molecule has 112 valence electrons. The van der Waals surface area contributed by atoms with Gasteiger partial charge >= 0.3 is 5.97 Å². The van der Waals surface area contributed by atoms with Gasteiger partial charge in [0.2, 0.25) is 5.82 Å². The largest absolute Gasteiger partial charge is 0.460 e. The molecule has 0 radical (unpaired) electrons. The molecule has 2 heterocycles. The van der Waals surface area contributed by atoms with E-state index in [1.165, 1.54) is 11.6 Å². The summed E-state index contributed by atoms with van der Waals surface area (Å²) in [7, 11) is 0. The molecule has 0 bridgehead atoms. The van der Waals surface area contributed by atoms with Crippen LogP contribution in [0.5, 0.6) is 0 Å². The highest BCUT2D eigenvalue weighted by Crippen LogP contribution is 2.11. The summed E-state index contributed by atoms with van der Waals surface area (Å²) in [5.74, 6) is -0.648. The topological polar surface area (TPSA) is 91.4 Å². The Morgan fingerprint density at radius 3 is 2.64 bits per heavy atom. The molecule has 8 heteroatoms. The Hall–Kier alpha value is -3.03. The maximum Gasteiger partial charge on any atom is 0.376 e. The third-order valence-corrected chi connectivity index (χ3v) is 3.06. The van der Waals surface area contributed by atoms with E-state index in [1.54, 1.807) is 19.1 Å². The van der Waals surface area contributed by atoms with Crippen molar-refractivity contribution in [3.63, 3.8) is 0 Å². The Bertz CT molecular complexity index is 898. The number of fused-ring (bicyclic) bond motifs is 1. The van der Waals surface area contributed by atoms with Crippen LogP contribution in [0.4, 0.5) is 0 Å². The number of para-hydroxylation sites is 1. The van der Waals surface area contributed by atoms with Gasteiger partial charge in [0, 0.05) is 0 Å². The lowest BCUT2D eigenvalue weighted by molar-refractivity contribution is 0.0509. The van der Waals surface area contributed by atoms with E-state index in [0.29, 0.717) is 5.69 Å². The minimum Gasteiger partial charge on any atom is -0.460 e. The third kappa shape index (κ3) is 2.14. The van der Waals surface area contributed by atoms with Crippen LogP contribution in [-0.4, -0.2) is 37.0 Å². The number of benzene rings is 1. The number of hydrogen-bond donors (Lipinski definition) is 0. The summed E-state index contributed by atoms with van der Waals surface area (Å²) in [4.78, 5) is 24.4. The smallest absolute Gasteiger partial charge is 0.376 e. The number of ether oxygens (including phenoxy) is 1. The summed E-state index contributed by atoms with van der Waals surface area (Å²) in [6.45, 7) is 3.39. The van der Waals surface area contributed by atoms with Crippen molar-refractivity contribution in [1.82, 2.24) is 24.4 Å². The number of aryl methyl sites for hydroxylation is 1. The number of aromatic nitrogens is 5. The highest BCUT2D eigenvalue weighted by atomic mass is 16.5. The zero-order chi connectivity index (χ0) is 15.7. The van der Waals surface area contributed by atoms with Gasteiger partial charge in [0.25, 0.3) is 11.3 Å². The van der Waals surface area contributed by atoms with Crippen molar-refractivity contribution in [2.24, 2.45) is 0 Å². The van der Waals surface area contributed by atoms with Gasteiger partial charge in [-0.25, -0.2) is 9.20 Å². The molecule has 0 spiro atoms. The van der Waals surface area contributed by atoms with Gasteiger partial charge in [0.05, 0.1) is 12.3 Å². The molecule has 0 N–H and O–H groups in total. The average molecular weight is 299 g/mol. The summed E-state index contributed by atoms with van der Waals surface area (Å²) in [6.07, 6.45) is 0. The van der Waals surface area contributed by atoms with Gasteiger partial charge in [-0.05, 0) is 26.0 Å². The lowest BCUT2D eigenvalue weighted by atomic mass is 10.3. The molecular weight excluding hydrogens is 286 g/mol. The summed E-state index contributed by atoms with van der Waals surface area (Å²) >= 11 is 0. The van der Waals surface area contributed by atoms with E-state index in [9.17, 15) is 9.59 Å². The molecule has 0 atom stereocenters. The van der Waals surface area contributed by atoms with Crippen LogP contribution in [0, 0.1) is 6.92 Å². The number of nitrogens with zero attached hydrogens (tertiary/aromatic N) is 5. The maximum atomic E-state index is 12.3. The molecule has 0 amide bonds. The molecule has 8 nitrogen and oxygen atoms in total. The fourth-order valence-electron chi connectivity index (χ4n) is 2.04. The average Bonchev–Trinajstić information content (AvgIpc) is 2.92. The van der Waals surface area contributed by atoms with Gasteiger partial charge < -0.3 is 4.74 Å². The maximum absolute atomic E-state index is 12.3. The van der Waals surface area contributed by atoms with Gasteiger partial charge in [-0.1, -0.05) is 18.2 Å². The van der Waals surface area contributed by atoms with Crippen molar-refractivity contribution in [2.75, 3.05) is 6.61 Å². The fraction of sp³-hybridized carbons (Fsp3) is 0.214. The van der Waals surface area contributed by atoms with Crippen LogP contribution in [0.1, 0.15) is 23.2 Å². The highest BCUT2D eigenvalue weighted by molar-refractivity contribution is 5.86. The standard InChI is InChI=1S/C14H13N5O3/c1-3-22-13(21)11-17-19(10-7-5-4-6-8-10)14-16-15-9(2)12(20)18(11)14/h4-8H,3H2,1-2H3. The van der Waals surface area contributed by atoms with Crippen LogP contribution in [0.15, 0.2) is 35.1 Å². The molecule has 3 rings (SSSR count). The van der Waals surface area contributed by atoms with Crippen LogP contribution in [0.2, 0.25) is 0 Å². The minimum absolute atomic E-state index is 0.122. The number of carbonyl (C=O) groups excluding carboxylic acids is 1. The molecule has 0 unspecified atom stereocenters. The van der Waals surface area contributed by atoms with E-state index in [4.69, 9.17) is 4.74 Å². The van der Waals surface area contributed by atoms with Gasteiger partial charge in [0.1, 0.15) is 5.69 Å². The zero-order valence-electron chi connectivity index (χ0n) is 12.1. The van der Waals surface area contributed by atoms with Crippen molar-refractivity contribution in [3.05, 3.63) is 52.2 Å². The SMILES string of the molecule is CCOC(=O)c1nn(-c2ccccc2)c2nnc(C)c(=O)n12. The monoisotopic (exact) mass is 299 g/mol. The molecule has 0 aliphatic rings. The number of rotatable bonds is 3. The molecule has 0 fully saturated rings. The predicted octanol–water partition coefficient (Wildman–Crippen LogP) is 0.760. The Morgan fingerprint density at radius 2 is 1.95 bits per heavy atom. The van der Waals surface area contributed by atoms with E-state index in [0.717, 1.165) is 4.40 Å². The second-order valence-electron chi connectivity index (χ2n) is 4.52. The van der Waals surface area contributed by atoms with Crippen molar-refractivity contribution in [3.8, 4) is 5.69 Å². The van der Waals surface area contributed by atoms with Gasteiger partial charge in [-0.3, -0.25) is 4.79 Å². The molecule has 0 aliphatic heterocycles. The van der Waals surface area contributed by atoms with Crippen molar-refractivity contribution >= 4 is 11.7 Å². The predicted molar refractivity (Wildman–Crippen MR) is 77.1 cm³/mol. The molecule has 3 aromatic rings. The molecule has 0 saturated heterocycles. The van der Waals surface area contributed by atoms with Gasteiger partial charge in [0.15, 0.2) is 0 Å².